The number of carbonyl (C=O) groups excluding carboxylic acids is 2. The predicted molar refractivity (Wildman–Crippen MR) is 175 cm³/mol. The molecule has 0 saturated carbocycles. The normalized spacial score (nSPS) is 12.9. The van der Waals surface area contributed by atoms with Crippen LogP contribution in [0, 0.1) is 5.41 Å². The molecule has 51 heavy (non-hydrogen) atoms. The molecule has 2 heterocycles. The summed E-state index contributed by atoms with van der Waals surface area (Å²) in [5.41, 5.74) is -2.12. The van der Waals surface area contributed by atoms with Gasteiger partial charge in [-0.1, -0.05) is 0 Å². The molecule has 0 aliphatic carbocycles. The Hall–Kier alpha value is -5.53. The van der Waals surface area contributed by atoms with Gasteiger partial charge in [-0.3, -0.25) is 24.1 Å². The van der Waals surface area contributed by atoms with Gasteiger partial charge in [-0.25, -0.2) is 24.4 Å². The Bertz CT molecular complexity index is 1510. The Labute approximate surface area is 292 Å². The summed E-state index contributed by atoms with van der Waals surface area (Å²) in [5.74, 6) is -5.84. The molecule has 2 atom stereocenters. The third kappa shape index (κ3) is 12.4. The number of nitrogens with one attached hydrogen (secondary N) is 3. The van der Waals surface area contributed by atoms with E-state index in [0.717, 1.165) is 0 Å². The van der Waals surface area contributed by atoms with Gasteiger partial charge in [0.25, 0.3) is 0 Å². The summed E-state index contributed by atoms with van der Waals surface area (Å²) in [6.07, 6.45) is 5.53. The fourth-order valence-electron chi connectivity index (χ4n) is 5.07. The van der Waals surface area contributed by atoms with Gasteiger partial charge in [0.1, 0.15) is 36.8 Å². The minimum atomic E-state index is -1.53. The lowest BCUT2D eigenvalue weighted by Gasteiger charge is -2.48. The summed E-state index contributed by atoms with van der Waals surface area (Å²) in [7, 11) is 0. The second-order valence-electron chi connectivity index (χ2n) is 12.9. The number of carboxylic acids is 5. The van der Waals surface area contributed by atoms with Crippen LogP contribution in [0.3, 0.4) is 0 Å². The average Bonchev–Trinajstić information content (AvgIpc) is 3.65. The van der Waals surface area contributed by atoms with Crippen molar-refractivity contribution < 1.29 is 59.1 Å². The predicted octanol–water partition coefficient (Wildman–Crippen LogP) is 0.413. The third-order valence-electron chi connectivity index (χ3n) is 8.83. The number of aromatic nitrogens is 4. The summed E-state index contributed by atoms with van der Waals surface area (Å²) in [4.78, 5) is 93.2. The molecule has 2 aromatic heterocycles. The highest BCUT2D eigenvalue weighted by Crippen LogP contribution is 2.38. The number of carboxylic acid groups (broad SMARTS) is 5. The smallest absolute Gasteiger partial charge is 0.326 e. The third-order valence-corrected chi connectivity index (χ3v) is 8.83. The van der Waals surface area contributed by atoms with Crippen LogP contribution in [0.5, 0.6) is 0 Å². The summed E-state index contributed by atoms with van der Waals surface area (Å²) in [6.45, 7) is 6.65. The lowest BCUT2D eigenvalue weighted by molar-refractivity contribution is -0.141. The fraction of sp³-hybridized carbons (Fsp3) is 0.581. The van der Waals surface area contributed by atoms with Gasteiger partial charge >= 0.3 is 35.9 Å². The molecule has 20 nitrogen and oxygen atoms in total. The Balaban J connectivity index is 2.10. The van der Waals surface area contributed by atoms with Gasteiger partial charge in [0.05, 0.1) is 18.5 Å². The van der Waals surface area contributed by atoms with E-state index in [2.05, 4.69) is 25.9 Å². The lowest BCUT2D eigenvalue weighted by Crippen LogP contribution is -2.59. The maximum Gasteiger partial charge on any atom is 0.326 e. The molecule has 2 rings (SSSR count). The molecule has 3 amide bonds. The van der Waals surface area contributed by atoms with Crippen molar-refractivity contribution in [1.29, 1.82) is 0 Å². The molecule has 0 aliphatic heterocycles. The van der Waals surface area contributed by atoms with Crippen LogP contribution in [0.1, 0.15) is 71.4 Å². The van der Waals surface area contributed by atoms with Crippen LogP contribution in [0.4, 0.5) is 4.79 Å². The van der Waals surface area contributed by atoms with Crippen molar-refractivity contribution in [3.05, 3.63) is 36.4 Å². The van der Waals surface area contributed by atoms with Crippen LogP contribution in [0.2, 0.25) is 0 Å². The van der Waals surface area contributed by atoms with Crippen molar-refractivity contribution >= 4 is 41.8 Å². The van der Waals surface area contributed by atoms with Crippen molar-refractivity contribution in [2.45, 2.75) is 104 Å². The van der Waals surface area contributed by atoms with Gasteiger partial charge in [0.15, 0.2) is 0 Å². The van der Waals surface area contributed by atoms with Gasteiger partial charge in [0, 0.05) is 43.3 Å². The maximum atomic E-state index is 13.7. The quantitative estimate of drug-likeness (QED) is 0.0721. The molecule has 8 N–H and O–H groups in total. The fourth-order valence-corrected chi connectivity index (χ4v) is 5.07. The molecular weight excluding hydrogens is 676 g/mol. The van der Waals surface area contributed by atoms with Crippen molar-refractivity contribution in [3.8, 4) is 0 Å². The van der Waals surface area contributed by atoms with Crippen molar-refractivity contribution in [2.24, 2.45) is 5.41 Å². The van der Waals surface area contributed by atoms with Crippen LogP contribution < -0.4 is 16.0 Å². The van der Waals surface area contributed by atoms with Crippen LogP contribution in [0.15, 0.2) is 24.8 Å². The van der Waals surface area contributed by atoms with Crippen LogP contribution in [-0.2, 0) is 54.9 Å². The van der Waals surface area contributed by atoms with E-state index in [4.69, 9.17) is 5.11 Å². The second kappa shape index (κ2) is 18.5. The number of nitrogens with zero attached hydrogens (tertiary/aromatic N) is 5. The highest BCUT2D eigenvalue weighted by molar-refractivity contribution is 5.86. The second-order valence-corrected chi connectivity index (χ2v) is 12.9. The molecule has 0 fully saturated rings. The number of imidazole rings is 2. The van der Waals surface area contributed by atoms with E-state index in [1.807, 2.05) is 18.7 Å². The molecule has 0 aliphatic rings. The van der Waals surface area contributed by atoms with Gasteiger partial charge in [-0.2, -0.15) is 0 Å². The molecule has 20 heteroatoms. The average molecular weight is 723 g/mol. The molecule has 0 saturated heterocycles. The molecule has 2 unspecified atom stereocenters. The van der Waals surface area contributed by atoms with Gasteiger partial charge in [-0.05, 0) is 53.4 Å². The standard InChI is InChI=1S/C31H46N8O12/c1-30(2,28(50)34-10-6-5-7-19(26(46)47)35-29(51)36-20(27(48)49)8-9-23(40)41)31(3,4)39(15-21-32-11-13-37(21)17-24(42)43)16-22-33-12-14-38(22)18-25(44)45/h11-14,19-20H,5-10,15-18H2,1-4H3,(H,34,50)(H,40,41)(H,42,43)(H,44,45)(H,46,47)(H,48,49)(H2,35,36,51). The monoisotopic (exact) mass is 722 g/mol. The Morgan fingerprint density at radius 2 is 1.20 bits per heavy atom. The van der Waals surface area contributed by atoms with E-state index in [-0.39, 0.29) is 51.5 Å². The largest absolute Gasteiger partial charge is 0.481 e. The summed E-state index contributed by atoms with van der Waals surface area (Å²) < 4.78 is 2.91. The topological polar surface area (TPSA) is 296 Å². The van der Waals surface area contributed by atoms with Gasteiger partial charge in [0.2, 0.25) is 5.91 Å². The lowest BCUT2D eigenvalue weighted by atomic mass is 9.72. The number of carbonyl (C=O) groups is 7. The van der Waals surface area contributed by atoms with Crippen LogP contribution in [0.25, 0.3) is 0 Å². The number of hydrogen-bond acceptors (Lipinski definition) is 10. The highest BCUT2D eigenvalue weighted by Gasteiger charge is 2.47. The van der Waals surface area contributed by atoms with E-state index in [1.54, 1.807) is 13.8 Å². The highest BCUT2D eigenvalue weighted by atomic mass is 16.4. The number of hydrogen-bond donors (Lipinski definition) is 8. The number of amides is 3. The Morgan fingerprint density at radius 3 is 1.63 bits per heavy atom. The number of rotatable bonds is 23. The van der Waals surface area contributed by atoms with E-state index >= 15 is 0 Å². The minimum absolute atomic E-state index is 0.0554. The van der Waals surface area contributed by atoms with Crippen LogP contribution in [-0.4, -0.2) is 115 Å². The zero-order valence-corrected chi connectivity index (χ0v) is 28.9. The minimum Gasteiger partial charge on any atom is -0.481 e. The Kier molecular flexibility index (Phi) is 15.1. The first-order valence-electron chi connectivity index (χ1n) is 16.0. The SMILES string of the molecule is CC(C)(C(=O)NCCCCC(NC(=O)NC(CCC(=O)O)C(=O)O)C(=O)O)C(C)(C)N(Cc1nccn1CC(=O)O)Cc1nccn1CC(=O)O. The van der Waals surface area contributed by atoms with Crippen molar-refractivity contribution in [2.75, 3.05) is 6.54 Å². The number of aliphatic carboxylic acids is 5. The molecule has 0 aromatic carbocycles. The first kappa shape index (κ1) is 41.6. The van der Waals surface area contributed by atoms with E-state index < -0.39 is 71.8 Å². The zero-order valence-electron chi connectivity index (χ0n) is 28.9. The number of urea groups is 1. The first-order chi connectivity index (χ1) is 23.8. The van der Waals surface area contributed by atoms with E-state index in [0.29, 0.717) is 18.1 Å². The summed E-state index contributed by atoms with van der Waals surface area (Å²) in [5, 5.41) is 53.4. The zero-order chi connectivity index (χ0) is 38.5. The molecule has 0 spiro atoms. The first-order valence-corrected chi connectivity index (χ1v) is 16.0. The molecule has 0 bridgehead atoms. The summed E-state index contributed by atoms with van der Waals surface area (Å²) >= 11 is 0. The number of unbranched alkanes of at least 4 members (excludes halogenated alkanes) is 1. The van der Waals surface area contributed by atoms with Crippen molar-refractivity contribution in [1.82, 2.24) is 40.0 Å². The molecule has 2 aromatic rings. The van der Waals surface area contributed by atoms with Crippen LogP contribution >= 0.6 is 0 Å². The summed E-state index contributed by atoms with van der Waals surface area (Å²) in [6, 6.07) is -4.01. The molecular formula is C31H46N8O12. The van der Waals surface area contributed by atoms with Gasteiger partial charge < -0.3 is 50.6 Å². The Morgan fingerprint density at radius 1 is 0.725 bits per heavy atom. The van der Waals surface area contributed by atoms with E-state index in [1.165, 1.54) is 33.9 Å². The van der Waals surface area contributed by atoms with E-state index in [9.17, 15) is 54.0 Å². The van der Waals surface area contributed by atoms with Gasteiger partial charge in [-0.15, -0.1) is 0 Å². The molecule has 282 valence electrons. The maximum absolute atomic E-state index is 13.7. The molecule has 0 radical (unpaired) electrons. The van der Waals surface area contributed by atoms with Crippen molar-refractivity contribution in [3.63, 3.8) is 0 Å².